The molecular weight excluding hydrogens is 258 g/mol. The van der Waals surface area contributed by atoms with Crippen LogP contribution in [-0.4, -0.2) is 49.1 Å². The first-order valence-corrected chi connectivity index (χ1v) is 6.57. The van der Waals surface area contributed by atoms with Crippen LogP contribution in [0.4, 0.5) is 0 Å². The van der Waals surface area contributed by atoms with E-state index in [1.165, 1.54) is 16.7 Å². The molecule has 0 aromatic carbocycles. The van der Waals surface area contributed by atoms with Crippen molar-refractivity contribution in [3.63, 3.8) is 0 Å². The molecular formula is C11H13NO5S. The molecule has 1 amide bonds. The van der Waals surface area contributed by atoms with Gasteiger partial charge in [-0.2, -0.15) is 0 Å². The van der Waals surface area contributed by atoms with E-state index in [0.717, 1.165) is 0 Å². The summed E-state index contributed by atoms with van der Waals surface area (Å²) in [6, 6.07) is -0.860. The first kappa shape index (κ1) is 11.8. The van der Waals surface area contributed by atoms with E-state index >= 15 is 0 Å². The average molecular weight is 271 g/mol. The maximum Gasteiger partial charge on any atom is 0.327 e. The van der Waals surface area contributed by atoms with Gasteiger partial charge in [0, 0.05) is 4.75 Å². The summed E-state index contributed by atoms with van der Waals surface area (Å²) in [4.78, 5) is 35.7. The lowest BCUT2D eigenvalue weighted by molar-refractivity contribution is -0.168. The number of carboxylic acid groups (broad SMARTS) is 2. The predicted molar refractivity (Wildman–Crippen MR) is 61.9 cm³/mol. The Balaban J connectivity index is 1.93. The maximum atomic E-state index is 12.1. The Labute approximate surface area is 107 Å². The van der Waals surface area contributed by atoms with Crippen molar-refractivity contribution >= 4 is 29.6 Å². The van der Waals surface area contributed by atoms with E-state index in [1.807, 2.05) is 0 Å². The van der Waals surface area contributed by atoms with Crippen LogP contribution in [0.1, 0.15) is 20.3 Å². The highest BCUT2D eigenvalue weighted by Gasteiger charge is 2.82. The number of hydrogen-bond acceptors (Lipinski definition) is 4. The summed E-state index contributed by atoms with van der Waals surface area (Å²) in [5, 5.41) is 17.9. The number of carboxylic acids is 2. The van der Waals surface area contributed by atoms with Crippen LogP contribution in [0.2, 0.25) is 0 Å². The summed E-state index contributed by atoms with van der Waals surface area (Å²) >= 11 is 1.41. The number of thioether (sulfide) groups is 1. The molecule has 3 fully saturated rings. The number of carbonyl (C=O) groups is 3. The van der Waals surface area contributed by atoms with Crippen LogP contribution in [-0.2, 0) is 14.4 Å². The largest absolute Gasteiger partial charge is 0.481 e. The van der Waals surface area contributed by atoms with E-state index in [1.54, 1.807) is 13.8 Å². The number of carbonyl (C=O) groups excluding carboxylic acids is 1. The highest BCUT2D eigenvalue weighted by Crippen LogP contribution is 2.71. The van der Waals surface area contributed by atoms with Crippen LogP contribution in [0.3, 0.4) is 0 Å². The monoisotopic (exact) mass is 271 g/mol. The van der Waals surface area contributed by atoms with E-state index < -0.39 is 34.1 Å². The van der Waals surface area contributed by atoms with Gasteiger partial charge in [0.05, 0.1) is 16.7 Å². The Morgan fingerprint density at radius 3 is 2.39 bits per heavy atom. The minimum atomic E-state index is -1.02. The topological polar surface area (TPSA) is 94.9 Å². The van der Waals surface area contributed by atoms with Gasteiger partial charge < -0.3 is 15.1 Å². The fraction of sp³-hybridized carbons (Fsp3) is 0.727. The third-order valence-electron chi connectivity index (χ3n) is 4.21. The van der Waals surface area contributed by atoms with Crippen molar-refractivity contribution in [1.82, 2.24) is 4.90 Å². The zero-order valence-corrected chi connectivity index (χ0v) is 10.7. The van der Waals surface area contributed by atoms with Gasteiger partial charge >= 0.3 is 11.9 Å². The van der Waals surface area contributed by atoms with E-state index in [0.29, 0.717) is 6.42 Å². The number of β-lactam (4-membered cyclic amide) rings is 1. The van der Waals surface area contributed by atoms with Gasteiger partial charge in [-0.25, -0.2) is 4.79 Å². The van der Waals surface area contributed by atoms with Gasteiger partial charge in [0.1, 0.15) is 6.04 Å². The lowest BCUT2D eigenvalue weighted by Crippen LogP contribution is -2.65. The standard InChI is InChI=1S/C11H13NO5S/c1-10(2)5(7(15)16)12-8(17)11(9(12)18-10)3-4(11)6(13)14/h4-5,9H,3H2,1-2H3,(H,13,14)(H,15,16)/t4-,5-,9+,11+/m0/s1. The molecule has 0 aromatic rings. The normalized spacial score (nSPS) is 43.6. The Hall–Kier alpha value is -1.24. The number of amides is 1. The molecule has 0 bridgehead atoms. The smallest absolute Gasteiger partial charge is 0.327 e. The average Bonchev–Trinajstić information content (AvgIpc) is 2.95. The van der Waals surface area contributed by atoms with Crippen molar-refractivity contribution < 1.29 is 24.6 Å². The number of fused-ring (bicyclic) bond motifs is 2. The second-order valence-electron chi connectivity index (χ2n) is 5.66. The molecule has 3 aliphatic rings. The molecule has 1 saturated carbocycles. The molecule has 98 valence electrons. The molecule has 6 nitrogen and oxygen atoms in total. The zero-order valence-electron chi connectivity index (χ0n) is 9.91. The van der Waals surface area contributed by atoms with Crippen LogP contribution >= 0.6 is 11.8 Å². The van der Waals surface area contributed by atoms with Crippen LogP contribution in [0.25, 0.3) is 0 Å². The highest BCUT2D eigenvalue weighted by molar-refractivity contribution is 8.01. The number of nitrogens with zero attached hydrogens (tertiary/aromatic N) is 1. The van der Waals surface area contributed by atoms with Gasteiger partial charge in [-0.3, -0.25) is 9.59 Å². The molecule has 0 aromatic heterocycles. The molecule has 2 heterocycles. The molecule has 0 radical (unpaired) electrons. The van der Waals surface area contributed by atoms with Crippen molar-refractivity contribution in [3.8, 4) is 0 Å². The minimum Gasteiger partial charge on any atom is -0.481 e. The van der Waals surface area contributed by atoms with E-state index in [2.05, 4.69) is 0 Å². The Kier molecular flexibility index (Phi) is 1.98. The Morgan fingerprint density at radius 1 is 1.33 bits per heavy atom. The quantitative estimate of drug-likeness (QED) is 0.698. The molecule has 0 unspecified atom stereocenters. The van der Waals surface area contributed by atoms with E-state index in [4.69, 9.17) is 5.11 Å². The van der Waals surface area contributed by atoms with Gasteiger partial charge in [0.2, 0.25) is 5.91 Å². The summed E-state index contributed by atoms with van der Waals surface area (Å²) in [5.41, 5.74) is -0.821. The zero-order chi connectivity index (χ0) is 13.5. The van der Waals surface area contributed by atoms with Crippen molar-refractivity contribution in [1.29, 1.82) is 0 Å². The summed E-state index contributed by atoms with van der Waals surface area (Å²) in [6.45, 7) is 3.57. The van der Waals surface area contributed by atoms with Gasteiger partial charge in [0.15, 0.2) is 0 Å². The molecule has 2 saturated heterocycles. The SMILES string of the molecule is CC1(C)S[C@H]2N(C(=O)[C@]23C[C@H]3C(=O)O)[C@H]1C(=O)O. The van der Waals surface area contributed by atoms with E-state index in [9.17, 15) is 19.5 Å². The molecule has 4 atom stereocenters. The Bertz CT molecular complexity index is 490. The Morgan fingerprint density at radius 2 is 1.94 bits per heavy atom. The molecule has 2 aliphatic heterocycles. The van der Waals surface area contributed by atoms with Crippen molar-refractivity contribution in [2.24, 2.45) is 11.3 Å². The second kappa shape index (κ2) is 3.01. The second-order valence-corrected chi connectivity index (χ2v) is 7.40. The van der Waals surface area contributed by atoms with Crippen LogP contribution in [0.5, 0.6) is 0 Å². The van der Waals surface area contributed by atoms with Crippen LogP contribution in [0, 0.1) is 11.3 Å². The summed E-state index contributed by atoms with van der Waals surface area (Å²) in [6.07, 6.45) is 0.345. The highest BCUT2D eigenvalue weighted by atomic mass is 32.2. The first-order chi connectivity index (χ1) is 8.23. The van der Waals surface area contributed by atoms with Crippen LogP contribution < -0.4 is 0 Å². The van der Waals surface area contributed by atoms with Crippen molar-refractivity contribution in [2.45, 2.75) is 36.4 Å². The molecule has 18 heavy (non-hydrogen) atoms. The number of hydrogen-bond donors (Lipinski definition) is 2. The number of aliphatic carboxylic acids is 2. The third-order valence-corrected chi connectivity index (χ3v) is 5.92. The van der Waals surface area contributed by atoms with E-state index in [-0.39, 0.29) is 11.3 Å². The first-order valence-electron chi connectivity index (χ1n) is 5.69. The molecule has 1 spiro atoms. The van der Waals surface area contributed by atoms with Gasteiger partial charge in [-0.05, 0) is 20.3 Å². The lowest BCUT2D eigenvalue weighted by Gasteiger charge is -2.44. The van der Waals surface area contributed by atoms with Gasteiger partial charge in [-0.1, -0.05) is 0 Å². The minimum absolute atomic E-state index is 0.290. The predicted octanol–water partition coefficient (Wildman–Crippen LogP) is 0.224. The molecule has 3 rings (SSSR count). The fourth-order valence-corrected chi connectivity index (χ4v) is 5.07. The van der Waals surface area contributed by atoms with Gasteiger partial charge in [0.25, 0.3) is 0 Å². The summed E-state index contributed by atoms with van der Waals surface area (Å²) < 4.78 is -0.582. The summed E-state index contributed by atoms with van der Waals surface area (Å²) in [5.74, 6) is -2.92. The fourth-order valence-electron chi connectivity index (χ4n) is 3.25. The summed E-state index contributed by atoms with van der Waals surface area (Å²) in [7, 11) is 0. The molecule has 2 N–H and O–H groups in total. The maximum absolute atomic E-state index is 12.1. The van der Waals surface area contributed by atoms with Crippen molar-refractivity contribution in [3.05, 3.63) is 0 Å². The van der Waals surface area contributed by atoms with Crippen LogP contribution in [0.15, 0.2) is 0 Å². The molecule has 1 aliphatic carbocycles. The van der Waals surface area contributed by atoms with Crippen molar-refractivity contribution in [2.75, 3.05) is 0 Å². The third kappa shape index (κ3) is 1.08. The van der Waals surface area contributed by atoms with Gasteiger partial charge in [-0.15, -0.1) is 11.8 Å². The number of rotatable bonds is 2. The lowest BCUT2D eigenvalue weighted by atomic mass is 9.87. The molecule has 7 heteroatoms.